The Hall–Kier alpha value is -2.10. The maximum absolute atomic E-state index is 5.58. The Morgan fingerprint density at radius 3 is 2.55 bits per heavy atom. The molecule has 1 aromatic heterocycles. The highest BCUT2D eigenvalue weighted by Gasteiger charge is 2.02. The highest BCUT2D eigenvalue weighted by Crippen LogP contribution is 2.21. The molecular weight excluding hydrogens is 250 g/mol. The van der Waals surface area contributed by atoms with Crippen LogP contribution in [0, 0.1) is 0 Å². The quantitative estimate of drug-likeness (QED) is 0.833. The summed E-state index contributed by atoms with van der Waals surface area (Å²) in [6.07, 6.45) is 3.85. The van der Waals surface area contributed by atoms with Crippen molar-refractivity contribution in [3.8, 4) is 17.0 Å². The predicted octanol–water partition coefficient (Wildman–Crippen LogP) is 3.75. The number of rotatable bonds is 7. The first-order chi connectivity index (χ1) is 9.83. The molecule has 0 saturated carbocycles. The molecule has 0 aliphatic rings. The van der Waals surface area contributed by atoms with Crippen LogP contribution in [0.2, 0.25) is 0 Å². The summed E-state index contributed by atoms with van der Waals surface area (Å²) in [4.78, 5) is 8.72. The third kappa shape index (κ3) is 3.95. The molecule has 1 N–H and O–H groups in total. The molecule has 0 aliphatic carbocycles. The van der Waals surface area contributed by atoms with Crippen LogP contribution in [0.25, 0.3) is 11.3 Å². The third-order valence-electron chi connectivity index (χ3n) is 2.81. The summed E-state index contributed by atoms with van der Waals surface area (Å²) in [6, 6.07) is 9.92. The summed E-state index contributed by atoms with van der Waals surface area (Å²) < 4.78 is 5.58. The lowest BCUT2D eigenvalue weighted by atomic mass is 10.1. The molecule has 1 heterocycles. The van der Waals surface area contributed by atoms with Crippen molar-refractivity contribution in [3.05, 3.63) is 36.5 Å². The number of hydrogen-bond acceptors (Lipinski definition) is 4. The number of aromatic nitrogens is 2. The minimum atomic E-state index is 0.677. The lowest BCUT2D eigenvalue weighted by Crippen LogP contribution is -2.04. The summed E-state index contributed by atoms with van der Waals surface area (Å²) in [5, 5.41) is 3.20. The summed E-state index contributed by atoms with van der Waals surface area (Å²) in [6.45, 7) is 5.84. The molecule has 0 unspecified atom stereocenters. The van der Waals surface area contributed by atoms with Gasteiger partial charge in [-0.2, -0.15) is 0 Å². The van der Waals surface area contributed by atoms with Gasteiger partial charge in [-0.25, -0.2) is 9.97 Å². The predicted molar refractivity (Wildman–Crippen MR) is 82.0 cm³/mol. The van der Waals surface area contributed by atoms with Gasteiger partial charge < -0.3 is 10.1 Å². The van der Waals surface area contributed by atoms with Gasteiger partial charge >= 0.3 is 0 Å². The van der Waals surface area contributed by atoms with Gasteiger partial charge in [0.1, 0.15) is 5.75 Å². The lowest BCUT2D eigenvalue weighted by Gasteiger charge is -2.07. The topological polar surface area (TPSA) is 47.0 Å². The van der Waals surface area contributed by atoms with Crippen LogP contribution in [-0.2, 0) is 0 Å². The Labute approximate surface area is 120 Å². The van der Waals surface area contributed by atoms with Gasteiger partial charge in [-0.3, -0.25) is 0 Å². The summed E-state index contributed by atoms with van der Waals surface area (Å²) in [5.41, 5.74) is 1.98. The first-order valence-electron chi connectivity index (χ1n) is 7.13. The minimum Gasteiger partial charge on any atom is -0.494 e. The molecule has 0 saturated heterocycles. The molecule has 0 atom stereocenters. The smallest absolute Gasteiger partial charge is 0.223 e. The number of nitrogens with zero attached hydrogens (tertiary/aromatic N) is 2. The molecule has 2 aromatic rings. The fraction of sp³-hybridized carbons (Fsp3) is 0.375. The van der Waals surface area contributed by atoms with E-state index in [4.69, 9.17) is 4.74 Å². The van der Waals surface area contributed by atoms with Gasteiger partial charge in [0.05, 0.1) is 12.3 Å². The molecule has 2 rings (SSSR count). The van der Waals surface area contributed by atoms with Crippen molar-refractivity contribution in [2.75, 3.05) is 18.5 Å². The average Bonchev–Trinajstić information content (AvgIpc) is 2.52. The molecule has 1 aromatic carbocycles. The van der Waals surface area contributed by atoms with Crippen molar-refractivity contribution in [3.63, 3.8) is 0 Å². The van der Waals surface area contributed by atoms with Crippen LogP contribution in [-0.4, -0.2) is 23.1 Å². The third-order valence-corrected chi connectivity index (χ3v) is 2.81. The molecule has 0 radical (unpaired) electrons. The van der Waals surface area contributed by atoms with Crippen LogP contribution in [0.5, 0.6) is 5.75 Å². The number of hydrogen-bond donors (Lipinski definition) is 1. The van der Waals surface area contributed by atoms with Crippen molar-refractivity contribution < 1.29 is 4.74 Å². The standard InChI is InChI=1S/C16H21N3O/c1-3-10-17-16-18-11-9-15(19-16)13-5-7-14(8-6-13)20-12-4-2/h5-9,11H,3-4,10,12H2,1-2H3,(H,17,18,19). The van der Waals surface area contributed by atoms with Gasteiger partial charge in [-0.15, -0.1) is 0 Å². The van der Waals surface area contributed by atoms with E-state index in [2.05, 4.69) is 29.1 Å². The Bertz CT molecular complexity index is 526. The van der Waals surface area contributed by atoms with Gasteiger partial charge in [-0.1, -0.05) is 13.8 Å². The summed E-state index contributed by atoms with van der Waals surface area (Å²) in [5.74, 6) is 1.57. The van der Waals surface area contributed by atoms with Crippen molar-refractivity contribution in [2.45, 2.75) is 26.7 Å². The maximum Gasteiger partial charge on any atom is 0.223 e. The van der Waals surface area contributed by atoms with Crippen molar-refractivity contribution in [1.29, 1.82) is 0 Å². The van der Waals surface area contributed by atoms with E-state index in [1.165, 1.54) is 0 Å². The fourth-order valence-electron chi connectivity index (χ4n) is 1.78. The van der Waals surface area contributed by atoms with Gasteiger partial charge in [0.25, 0.3) is 0 Å². The maximum atomic E-state index is 5.58. The van der Waals surface area contributed by atoms with Gasteiger partial charge in [-0.05, 0) is 43.2 Å². The van der Waals surface area contributed by atoms with Crippen molar-refractivity contribution in [1.82, 2.24) is 9.97 Å². The molecule has 4 nitrogen and oxygen atoms in total. The molecule has 20 heavy (non-hydrogen) atoms. The second-order valence-electron chi connectivity index (χ2n) is 4.57. The van der Waals surface area contributed by atoms with E-state index in [1.54, 1.807) is 6.20 Å². The van der Waals surface area contributed by atoms with Crippen LogP contribution >= 0.6 is 0 Å². The number of nitrogens with one attached hydrogen (secondary N) is 1. The molecule has 0 spiro atoms. The first-order valence-corrected chi connectivity index (χ1v) is 7.13. The number of benzene rings is 1. The molecule has 0 aliphatic heterocycles. The molecule has 0 bridgehead atoms. The van der Waals surface area contributed by atoms with Gasteiger partial charge in [0.15, 0.2) is 0 Å². The van der Waals surface area contributed by atoms with Crippen LogP contribution in [0.15, 0.2) is 36.5 Å². The van der Waals surface area contributed by atoms with Crippen LogP contribution in [0.4, 0.5) is 5.95 Å². The van der Waals surface area contributed by atoms with Crippen LogP contribution in [0.1, 0.15) is 26.7 Å². The largest absolute Gasteiger partial charge is 0.494 e. The SMILES string of the molecule is CCCNc1nccc(-c2ccc(OCCC)cc2)n1. The van der Waals surface area contributed by atoms with E-state index in [0.717, 1.165) is 43.0 Å². The van der Waals surface area contributed by atoms with E-state index in [-0.39, 0.29) is 0 Å². The zero-order valence-corrected chi connectivity index (χ0v) is 12.1. The Balaban J connectivity index is 2.10. The number of ether oxygens (including phenoxy) is 1. The molecular formula is C16H21N3O. The highest BCUT2D eigenvalue weighted by atomic mass is 16.5. The molecule has 4 heteroatoms. The Morgan fingerprint density at radius 1 is 1.05 bits per heavy atom. The molecule has 0 amide bonds. The van der Waals surface area contributed by atoms with E-state index in [9.17, 15) is 0 Å². The lowest BCUT2D eigenvalue weighted by molar-refractivity contribution is 0.317. The van der Waals surface area contributed by atoms with Crippen LogP contribution < -0.4 is 10.1 Å². The summed E-state index contributed by atoms with van der Waals surface area (Å²) in [7, 11) is 0. The summed E-state index contributed by atoms with van der Waals surface area (Å²) >= 11 is 0. The number of anilines is 1. The molecule has 0 fully saturated rings. The normalized spacial score (nSPS) is 10.3. The Kier molecular flexibility index (Phi) is 5.35. The van der Waals surface area contributed by atoms with E-state index < -0.39 is 0 Å². The van der Waals surface area contributed by atoms with Gasteiger partial charge in [0.2, 0.25) is 5.95 Å². The second kappa shape index (κ2) is 7.48. The van der Waals surface area contributed by atoms with E-state index in [0.29, 0.717) is 5.95 Å². The molecule has 106 valence electrons. The average molecular weight is 271 g/mol. The van der Waals surface area contributed by atoms with Crippen LogP contribution in [0.3, 0.4) is 0 Å². The van der Waals surface area contributed by atoms with Gasteiger partial charge in [0, 0.05) is 18.3 Å². The van der Waals surface area contributed by atoms with Crippen molar-refractivity contribution in [2.24, 2.45) is 0 Å². The fourth-order valence-corrected chi connectivity index (χ4v) is 1.78. The zero-order chi connectivity index (χ0) is 14.2. The Morgan fingerprint density at radius 2 is 1.85 bits per heavy atom. The monoisotopic (exact) mass is 271 g/mol. The first kappa shape index (κ1) is 14.3. The minimum absolute atomic E-state index is 0.677. The highest BCUT2D eigenvalue weighted by molar-refractivity contribution is 5.60. The van der Waals surface area contributed by atoms with Crippen molar-refractivity contribution >= 4 is 5.95 Å². The second-order valence-corrected chi connectivity index (χ2v) is 4.57. The van der Waals surface area contributed by atoms with E-state index >= 15 is 0 Å². The zero-order valence-electron chi connectivity index (χ0n) is 12.1. The van der Waals surface area contributed by atoms with E-state index in [1.807, 2.05) is 30.3 Å².